The molecule has 1 fully saturated rings. The molecule has 0 aliphatic heterocycles. The lowest BCUT2D eigenvalue weighted by Crippen LogP contribution is -2.01. The van der Waals surface area contributed by atoms with Gasteiger partial charge in [0.2, 0.25) is 5.65 Å². The zero-order valence-corrected chi connectivity index (χ0v) is 7.77. The summed E-state index contributed by atoms with van der Waals surface area (Å²) in [6.45, 7) is 0. The van der Waals surface area contributed by atoms with E-state index in [-0.39, 0.29) is 0 Å². The van der Waals surface area contributed by atoms with Crippen LogP contribution >= 0.6 is 0 Å². The van der Waals surface area contributed by atoms with E-state index in [1.165, 1.54) is 25.7 Å². The zero-order valence-electron chi connectivity index (χ0n) is 7.77. The lowest BCUT2D eigenvalue weighted by molar-refractivity contribution is 0.673. The number of H-pyrrole nitrogens is 1. The van der Waals surface area contributed by atoms with Crippen LogP contribution in [0.5, 0.6) is 0 Å². The largest absolute Gasteiger partial charge is 0.342 e. The standard InChI is InChI=1S/C9H11N5/c1-2-4-6(3-1)7-8-9(11-5-10-8)13-14-12-7/h5-6H,1-4H2,(H,10,11,12,13). The van der Waals surface area contributed by atoms with Gasteiger partial charge in [0, 0.05) is 5.92 Å². The number of aromatic nitrogens is 5. The molecule has 5 heteroatoms. The summed E-state index contributed by atoms with van der Waals surface area (Å²) in [6.07, 6.45) is 6.67. The lowest BCUT2D eigenvalue weighted by Gasteiger charge is -2.06. The van der Waals surface area contributed by atoms with Crippen molar-refractivity contribution in [3.8, 4) is 0 Å². The number of nitrogens with zero attached hydrogens (tertiary/aromatic N) is 4. The molecule has 2 aromatic heterocycles. The van der Waals surface area contributed by atoms with Crippen molar-refractivity contribution in [1.82, 2.24) is 25.4 Å². The second-order valence-corrected chi connectivity index (χ2v) is 3.76. The van der Waals surface area contributed by atoms with Gasteiger partial charge in [0.15, 0.2) is 0 Å². The van der Waals surface area contributed by atoms with Gasteiger partial charge in [-0.2, -0.15) is 0 Å². The molecule has 0 radical (unpaired) electrons. The fourth-order valence-corrected chi connectivity index (χ4v) is 2.20. The maximum absolute atomic E-state index is 4.13. The van der Waals surface area contributed by atoms with Crippen LogP contribution in [-0.2, 0) is 0 Å². The second kappa shape index (κ2) is 3.01. The summed E-state index contributed by atoms with van der Waals surface area (Å²) in [6, 6.07) is 0. The van der Waals surface area contributed by atoms with Gasteiger partial charge in [-0.1, -0.05) is 12.8 Å². The van der Waals surface area contributed by atoms with E-state index in [9.17, 15) is 0 Å². The summed E-state index contributed by atoms with van der Waals surface area (Å²) in [5.41, 5.74) is 2.69. The molecule has 0 bridgehead atoms. The van der Waals surface area contributed by atoms with Gasteiger partial charge in [-0.05, 0) is 18.1 Å². The maximum atomic E-state index is 4.13. The highest BCUT2D eigenvalue weighted by molar-refractivity contribution is 5.72. The first-order valence-electron chi connectivity index (χ1n) is 4.97. The van der Waals surface area contributed by atoms with Gasteiger partial charge in [0.05, 0.1) is 12.0 Å². The highest BCUT2D eigenvalue weighted by Crippen LogP contribution is 2.34. The summed E-state index contributed by atoms with van der Waals surface area (Å²) in [5, 5.41) is 11.7. The van der Waals surface area contributed by atoms with E-state index in [4.69, 9.17) is 0 Å². The van der Waals surface area contributed by atoms with E-state index in [0.717, 1.165) is 11.2 Å². The van der Waals surface area contributed by atoms with E-state index < -0.39 is 0 Å². The highest BCUT2D eigenvalue weighted by atomic mass is 15.3. The predicted molar refractivity (Wildman–Crippen MR) is 50.7 cm³/mol. The van der Waals surface area contributed by atoms with Crippen LogP contribution in [0.1, 0.15) is 37.3 Å². The SMILES string of the molecule is c1nc2nnnc(C3CCCC3)c2[nH]1. The van der Waals surface area contributed by atoms with Gasteiger partial charge < -0.3 is 4.98 Å². The van der Waals surface area contributed by atoms with Gasteiger partial charge in [-0.3, -0.25) is 0 Å². The Morgan fingerprint density at radius 3 is 2.93 bits per heavy atom. The first-order chi connectivity index (χ1) is 6.95. The van der Waals surface area contributed by atoms with Gasteiger partial charge >= 0.3 is 0 Å². The third-order valence-electron chi connectivity index (χ3n) is 2.91. The van der Waals surface area contributed by atoms with Gasteiger partial charge in [-0.25, -0.2) is 4.98 Å². The Morgan fingerprint density at radius 2 is 2.07 bits per heavy atom. The Labute approximate surface area is 81.0 Å². The molecule has 0 aromatic carbocycles. The van der Waals surface area contributed by atoms with Crippen LogP contribution in [-0.4, -0.2) is 25.4 Å². The summed E-state index contributed by atoms with van der Waals surface area (Å²) >= 11 is 0. The number of hydrogen-bond donors (Lipinski definition) is 1. The normalized spacial score (nSPS) is 18.0. The van der Waals surface area contributed by atoms with Crippen molar-refractivity contribution in [2.45, 2.75) is 31.6 Å². The van der Waals surface area contributed by atoms with Crippen LogP contribution in [0.4, 0.5) is 0 Å². The average Bonchev–Trinajstić information content (AvgIpc) is 2.88. The smallest absolute Gasteiger partial charge is 0.203 e. The average molecular weight is 189 g/mol. The minimum atomic E-state index is 0.549. The van der Waals surface area contributed by atoms with Crippen molar-refractivity contribution in [2.24, 2.45) is 0 Å². The maximum Gasteiger partial charge on any atom is 0.203 e. The topological polar surface area (TPSA) is 67.3 Å². The summed E-state index contributed by atoms with van der Waals surface area (Å²) < 4.78 is 0. The van der Waals surface area contributed by atoms with Gasteiger partial charge in [-0.15, -0.1) is 10.2 Å². The molecule has 2 aromatic rings. The Morgan fingerprint density at radius 1 is 1.21 bits per heavy atom. The van der Waals surface area contributed by atoms with Gasteiger partial charge in [0.1, 0.15) is 5.52 Å². The predicted octanol–water partition coefficient (Wildman–Crippen LogP) is 1.41. The van der Waals surface area contributed by atoms with Crippen molar-refractivity contribution >= 4 is 11.2 Å². The third kappa shape index (κ3) is 1.08. The molecule has 1 N–H and O–H groups in total. The Kier molecular flexibility index (Phi) is 1.68. The van der Waals surface area contributed by atoms with Gasteiger partial charge in [0.25, 0.3) is 0 Å². The fraction of sp³-hybridized carbons (Fsp3) is 0.556. The van der Waals surface area contributed by atoms with E-state index >= 15 is 0 Å². The number of aromatic amines is 1. The number of rotatable bonds is 1. The molecule has 0 spiro atoms. The number of imidazole rings is 1. The number of nitrogens with one attached hydrogen (secondary N) is 1. The molecule has 0 unspecified atom stereocenters. The van der Waals surface area contributed by atoms with Crippen LogP contribution in [0.25, 0.3) is 11.2 Å². The molecule has 72 valence electrons. The Hall–Kier alpha value is -1.52. The summed E-state index contributed by atoms with van der Waals surface area (Å²) in [4.78, 5) is 7.17. The quantitative estimate of drug-likeness (QED) is 0.736. The molecule has 1 aliphatic rings. The molecular weight excluding hydrogens is 178 g/mol. The van der Waals surface area contributed by atoms with Crippen LogP contribution < -0.4 is 0 Å². The molecule has 5 nitrogen and oxygen atoms in total. The monoisotopic (exact) mass is 189 g/mol. The van der Waals surface area contributed by atoms with Crippen LogP contribution in [0.15, 0.2) is 6.33 Å². The molecule has 0 saturated heterocycles. The summed E-state index contributed by atoms with van der Waals surface area (Å²) in [5.74, 6) is 0.549. The Balaban J connectivity index is 2.14. The van der Waals surface area contributed by atoms with Crippen LogP contribution in [0.3, 0.4) is 0 Å². The molecule has 0 amide bonds. The third-order valence-corrected chi connectivity index (χ3v) is 2.91. The Bertz CT molecular complexity index is 443. The molecule has 0 atom stereocenters. The van der Waals surface area contributed by atoms with Crippen molar-refractivity contribution < 1.29 is 0 Å². The van der Waals surface area contributed by atoms with E-state index in [1.54, 1.807) is 6.33 Å². The minimum absolute atomic E-state index is 0.549. The molecule has 3 rings (SSSR count). The molecule has 1 aliphatic carbocycles. The van der Waals surface area contributed by atoms with E-state index in [1.807, 2.05) is 0 Å². The zero-order chi connectivity index (χ0) is 9.38. The highest BCUT2D eigenvalue weighted by Gasteiger charge is 2.22. The number of fused-ring (bicyclic) bond motifs is 1. The lowest BCUT2D eigenvalue weighted by atomic mass is 10.0. The van der Waals surface area contributed by atoms with E-state index in [2.05, 4.69) is 25.4 Å². The van der Waals surface area contributed by atoms with E-state index in [0.29, 0.717) is 11.6 Å². The first kappa shape index (κ1) is 7.84. The molecule has 1 saturated carbocycles. The first-order valence-corrected chi connectivity index (χ1v) is 4.97. The van der Waals surface area contributed by atoms with Crippen molar-refractivity contribution in [2.75, 3.05) is 0 Å². The van der Waals surface area contributed by atoms with Crippen molar-refractivity contribution in [3.63, 3.8) is 0 Å². The second-order valence-electron chi connectivity index (χ2n) is 3.76. The van der Waals surface area contributed by atoms with Crippen LogP contribution in [0.2, 0.25) is 0 Å². The molecule has 14 heavy (non-hydrogen) atoms. The minimum Gasteiger partial charge on any atom is -0.342 e. The molecule has 2 heterocycles. The van der Waals surface area contributed by atoms with Crippen molar-refractivity contribution in [1.29, 1.82) is 0 Å². The van der Waals surface area contributed by atoms with Crippen LogP contribution in [0, 0.1) is 0 Å². The fourth-order valence-electron chi connectivity index (χ4n) is 2.20. The van der Waals surface area contributed by atoms with Crippen molar-refractivity contribution in [3.05, 3.63) is 12.0 Å². The molecular formula is C9H11N5. The summed E-state index contributed by atoms with van der Waals surface area (Å²) in [7, 11) is 0. The number of hydrogen-bond acceptors (Lipinski definition) is 4.